The zero-order valence-electron chi connectivity index (χ0n) is 11.1. The average Bonchev–Trinajstić information content (AvgIpc) is 2.40. The Hall–Kier alpha value is -2.04. The van der Waals surface area contributed by atoms with Gasteiger partial charge < -0.3 is 19.9 Å². The fraction of sp³-hybridized carbons (Fsp3) is 0.364. The summed E-state index contributed by atoms with van der Waals surface area (Å²) in [6.07, 6.45) is -2.38. The summed E-state index contributed by atoms with van der Waals surface area (Å²) in [5.41, 5.74) is 4.77. The number of primary amides is 1. The van der Waals surface area contributed by atoms with E-state index in [9.17, 15) is 13.2 Å². The van der Waals surface area contributed by atoms with Crippen molar-refractivity contribution in [2.75, 3.05) is 20.3 Å². The first kappa shape index (κ1) is 17.0. The van der Waals surface area contributed by atoms with E-state index >= 15 is 0 Å². The van der Waals surface area contributed by atoms with Gasteiger partial charge in [0.05, 0.1) is 7.11 Å². The minimum Gasteiger partial charge on any atom is -0.493 e. The van der Waals surface area contributed by atoms with E-state index in [0.717, 1.165) is 0 Å². The third-order valence-corrected chi connectivity index (χ3v) is 2.68. The van der Waals surface area contributed by atoms with Crippen molar-refractivity contribution in [3.63, 3.8) is 0 Å². The summed E-state index contributed by atoms with van der Waals surface area (Å²) >= 11 is 0. The van der Waals surface area contributed by atoms with Gasteiger partial charge in [0.15, 0.2) is 11.5 Å². The van der Waals surface area contributed by atoms with Gasteiger partial charge in [-0.25, -0.2) is 8.98 Å². The van der Waals surface area contributed by atoms with Gasteiger partial charge in [-0.1, -0.05) is 12.1 Å². The maximum atomic E-state index is 10.7. The smallest absolute Gasteiger partial charge is 0.404 e. The number of amides is 1. The molecule has 118 valence electrons. The number of carbonyl (C=O) groups is 1. The number of ether oxygens (including phenoxy) is 3. The van der Waals surface area contributed by atoms with E-state index in [1.54, 1.807) is 24.3 Å². The van der Waals surface area contributed by atoms with Gasteiger partial charge in [-0.15, -0.1) is 0 Å². The first-order valence-electron chi connectivity index (χ1n) is 5.65. The maximum Gasteiger partial charge on any atom is 0.404 e. The number of nitrogens with two attached hydrogens (primary N) is 1. The molecule has 21 heavy (non-hydrogen) atoms. The molecule has 0 bridgehead atoms. The molecule has 0 aliphatic heterocycles. The van der Waals surface area contributed by atoms with Gasteiger partial charge in [-0.3, -0.25) is 4.55 Å². The highest BCUT2D eigenvalue weighted by Gasteiger charge is 2.20. The second-order valence-electron chi connectivity index (χ2n) is 3.74. The van der Waals surface area contributed by atoms with Crippen LogP contribution in [0.4, 0.5) is 4.79 Å². The second-order valence-corrected chi connectivity index (χ2v) is 4.79. The lowest BCUT2D eigenvalue weighted by molar-refractivity contribution is 0.0528. The van der Waals surface area contributed by atoms with Crippen LogP contribution in [0.1, 0.15) is 0 Å². The number of hydrogen-bond donors (Lipinski definition) is 2. The van der Waals surface area contributed by atoms with Gasteiger partial charge >= 0.3 is 16.5 Å². The van der Waals surface area contributed by atoms with Crippen LogP contribution in [-0.4, -0.2) is 45.5 Å². The number of hydrogen-bond acceptors (Lipinski definition) is 7. The molecular weight excluding hydrogens is 306 g/mol. The van der Waals surface area contributed by atoms with Crippen LogP contribution in [0.2, 0.25) is 0 Å². The highest BCUT2D eigenvalue weighted by atomic mass is 32.3. The molecule has 0 aliphatic carbocycles. The van der Waals surface area contributed by atoms with Crippen molar-refractivity contribution in [2.45, 2.75) is 6.10 Å². The molecule has 0 heterocycles. The zero-order valence-corrected chi connectivity index (χ0v) is 11.9. The quantitative estimate of drug-likeness (QED) is 0.655. The Labute approximate surface area is 121 Å². The van der Waals surface area contributed by atoms with Crippen LogP contribution in [0.3, 0.4) is 0 Å². The van der Waals surface area contributed by atoms with Crippen LogP contribution in [0.5, 0.6) is 11.5 Å². The van der Waals surface area contributed by atoms with Crippen LogP contribution in [0.25, 0.3) is 0 Å². The number of carbonyl (C=O) groups excluding carboxylic acids is 1. The van der Waals surface area contributed by atoms with Crippen LogP contribution in [0, 0.1) is 0 Å². The lowest BCUT2D eigenvalue weighted by Gasteiger charge is -2.17. The van der Waals surface area contributed by atoms with Gasteiger partial charge in [-0.2, -0.15) is 8.42 Å². The standard InChI is InChI=1S/C11H15NO8S/c1-17-9-4-2-3-5-10(9)18-6-8(7-19-11(12)13)20-21(14,15)16/h2-5,8H,6-7H2,1H3,(H2,12,13)(H,14,15,16). The topological polar surface area (TPSA) is 134 Å². The second kappa shape index (κ2) is 7.67. The predicted octanol–water partition coefficient (Wildman–Crippen LogP) is 0.357. The molecule has 1 aromatic carbocycles. The first-order valence-corrected chi connectivity index (χ1v) is 7.02. The number of methoxy groups -OCH3 is 1. The van der Waals surface area contributed by atoms with E-state index in [2.05, 4.69) is 8.92 Å². The minimum atomic E-state index is -4.73. The molecule has 1 amide bonds. The van der Waals surface area contributed by atoms with Crippen molar-refractivity contribution in [2.24, 2.45) is 5.73 Å². The summed E-state index contributed by atoms with van der Waals surface area (Å²) in [5, 5.41) is 0. The highest BCUT2D eigenvalue weighted by Crippen LogP contribution is 2.26. The molecule has 0 aromatic heterocycles. The van der Waals surface area contributed by atoms with Crippen molar-refractivity contribution in [3.05, 3.63) is 24.3 Å². The largest absolute Gasteiger partial charge is 0.493 e. The molecule has 0 spiro atoms. The zero-order chi connectivity index (χ0) is 15.9. The molecule has 0 fully saturated rings. The summed E-state index contributed by atoms with van der Waals surface area (Å²) in [4.78, 5) is 10.5. The Morgan fingerprint density at radius 1 is 1.29 bits per heavy atom. The Bertz CT molecular complexity index is 573. The summed E-state index contributed by atoms with van der Waals surface area (Å²) in [6.45, 7) is -0.836. The molecule has 1 aromatic rings. The minimum absolute atomic E-state index is 0.322. The highest BCUT2D eigenvalue weighted by molar-refractivity contribution is 7.80. The maximum absolute atomic E-state index is 10.7. The monoisotopic (exact) mass is 321 g/mol. The molecule has 0 saturated heterocycles. The van der Waals surface area contributed by atoms with Gasteiger partial charge in [0, 0.05) is 0 Å². The van der Waals surface area contributed by atoms with Gasteiger partial charge in [-0.05, 0) is 12.1 Å². The molecule has 1 rings (SSSR count). The molecule has 0 saturated carbocycles. The predicted molar refractivity (Wildman–Crippen MR) is 70.4 cm³/mol. The lowest BCUT2D eigenvalue weighted by Crippen LogP contribution is -2.32. The molecule has 10 heteroatoms. The first-order chi connectivity index (χ1) is 9.81. The molecule has 1 unspecified atom stereocenters. The lowest BCUT2D eigenvalue weighted by atomic mass is 10.3. The molecule has 1 atom stereocenters. The van der Waals surface area contributed by atoms with Crippen LogP contribution in [0.15, 0.2) is 24.3 Å². The molecule has 9 nitrogen and oxygen atoms in total. The Morgan fingerprint density at radius 2 is 1.90 bits per heavy atom. The van der Waals surface area contributed by atoms with Crippen LogP contribution < -0.4 is 15.2 Å². The fourth-order valence-electron chi connectivity index (χ4n) is 1.37. The Morgan fingerprint density at radius 3 is 2.43 bits per heavy atom. The van der Waals surface area contributed by atoms with Gasteiger partial charge in [0.1, 0.15) is 19.3 Å². The fourth-order valence-corrected chi connectivity index (χ4v) is 1.83. The van der Waals surface area contributed by atoms with E-state index < -0.39 is 29.2 Å². The summed E-state index contributed by atoms with van der Waals surface area (Å²) < 4.78 is 49.1. The molecule has 3 N–H and O–H groups in total. The summed E-state index contributed by atoms with van der Waals surface area (Å²) in [7, 11) is -3.30. The number of benzene rings is 1. The van der Waals surface area contributed by atoms with Crippen molar-refractivity contribution in [1.29, 1.82) is 0 Å². The van der Waals surface area contributed by atoms with Crippen molar-refractivity contribution >= 4 is 16.5 Å². The Kier molecular flexibility index (Phi) is 6.21. The van der Waals surface area contributed by atoms with Crippen molar-refractivity contribution < 1.29 is 36.2 Å². The summed E-state index contributed by atoms with van der Waals surface area (Å²) in [6, 6.07) is 6.61. The van der Waals surface area contributed by atoms with Crippen LogP contribution in [-0.2, 0) is 19.3 Å². The van der Waals surface area contributed by atoms with E-state index in [4.69, 9.17) is 19.8 Å². The third kappa shape index (κ3) is 6.79. The molecule has 0 radical (unpaired) electrons. The number of para-hydroxylation sites is 2. The third-order valence-electron chi connectivity index (χ3n) is 2.16. The average molecular weight is 321 g/mol. The molecular formula is C11H15NO8S. The Balaban J connectivity index is 2.69. The number of rotatable bonds is 8. The van der Waals surface area contributed by atoms with Gasteiger partial charge in [0.2, 0.25) is 0 Å². The van der Waals surface area contributed by atoms with Crippen molar-refractivity contribution in [1.82, 2.24) is 0 Å². The van der Waals surface area contributed by atoms with E-state index in [1.165, 1.54) is 7.11 Å². The van der Waals surface area contributed by atoms with Gasteiger partial charge in [0.25, 0.3) is 0 Å². The van der Waals surface area contributed by atoms with Crippen molar-refractivity contribution in [3.8, 4) is 11.5 Å². The summed E-state index contributed by atoms with van der Waals surface area (Å²) in [5.74, 6) is 0.738. The van der Waals surface area contributed by atoms with E-state index in [1.807, 2.05) is 0 Å². The SMILES string of the molecule is COc1ccccc1OCC(COC(N)=O)OS(=O)(=O)O. The normalized spacial score (nSPS) is 12.5. The molecule has 0 aliphatic rings. The van der Waals surface area contributed by atoms with Crippen LogP contribution >= 0.6 is 0 Å². The van der Waals surface area contributed by atoms with E-state index in [0.29, 0.717) is 11.5 Å². The van der Waals surface area contributed by atoms with E-state index in [-0.39, 0.29) is 6.61 Å².